The minimum absolute atomic E-state index is 0.0428. The molecule has 0 bridgehead atoms. The second-order valence-corrected chi connectivity index (χ2v) is 9.92. The van der Waals surface area contributed by atoms with E-state index in [1.165, 1.54) is 25.1 Å². The lowest BCUT2D eigenvalue weighted by Gasteiger charge is -2.41. The smallest absolute Gasteiger partial charge is 0.254 e. The van der Waals surface area contributed by atoms with Crippen LogP contribution >= 0.6 is 11.9 Å². The van der Waals surface area contributed by atoms with Gasteiger partial charge >= 0.3 is 0 Å². The van der Waals surface area contributed by atoms with Gasteiger partial charge in [0.15, 0.2) is 11.6 Å². The number of nitrogens with one attached hydrogen (secondary N) is 2. The molecule has 0 radical (unpaired) electrons. The lowest BCUT2D eigenvalue weighted by Crippen LogP contribution is -2.50. The first kappa shape index (κ1) is 25.2. The number of pyridine rings is 1. The standard InChI is InChI=1S/C26H30FN7O2S/c1-16-10-20(7-9-34(16)25(35)17-6-8-28-24(11-17)32-37-3)33-14-18-13-29-26(31-22(18)15-33)30-19-4-5-21(27)23(12-19)36-2/h4-6,8,11-13,16,20H,7,9-10,14-15H2,1-3H3,(H,28,32)(H,29,30,31)/t16-,20+/m1/s1. The number of halogens is 1. The van der Waals surface area contributed by atoms with E-state index in [2.05, 4.69) is 31.8 Å². The summed E-state index contributed by atoms with van der Waals surface area (Å²) in [4.78, 5) is 31.0. The minimum Gasteiger partial charge on any atom is -0.494 e. The Labute approximate surface area is 220 Å². The maximum atomic E-state index is 13.7. The van der Waals surface area contributed by atoms with E-state index in [4.69, 9.17) is 9.72 Å². The van der Waals surface area contributed by atoms with Crippen molar-refractivity contribution in [3.63, 3.8) is 0 Å². The third kappa shape index (κ3) is 5.47. The number of amides is 1. The van der Waals surface area contributed by atoms with E-state index < -0.39 is 5.82 Å². The van der Waals surface area contributed by atoms with E-state index in [0.717, 1.165) is 37.2 Å². The van der Waals surface area contributed by atoms with Crippen molar-refractivity contribution in [2.45, 2.75) is 44.9 Å². The number of likely N-dealkylation sites (tertiary alicyclic amines) is 1. The summed E-state index contributed by atoms with van der Waals surface area (Å²) >= 11 is 1.45. The number of piperidine rings is 1. The van der Waals surface area contributed by atoms with Gasteiger partial charge in [0.25, 0.3) is 5.91 Å². The van der Waals surface area contributed by atoms with Crippen LogP contribution in [0.5, 0.6) is 5.75 Å². The number of rotatable bonds is 7. The fourth-order valence-corrected chi connectivity index (χ4v) is 5.35. The average Bonchev–Trinajstić information content (AvgIpc) is 3.33. The van der Waals surface area contributed by atoms with Crippen molar-refractivity contribution in [2.24, 2.45) is 0 Å². The molecule has 1 amide bonds. The number of hydrogen-bond acceptors (Lipinski definition) is 9. The first-order valence-electron chi connectivity index (χ1n) is 12.2. The van der Waals surface area contributed by atoms with Gasteiger partial charge in [0.1, 0.15) is 5.82 Å². The van der Waals surface area contributed by atoms with Gasteiger partial charge in [0.05, 0.1) is 12.8 Å². The van der Waals surface area contributed by atoms with Crippen molar-refractivity contribution in [2.75, 3.05) is 29.9 Å². The molecule has 2 aromatic heterocycles. The van der Waals surface area contributed by atoms with Gasteiger partial charge in [-0.05, 0) is 44.0 Å². The summed E-state index contributed by atoms with van der Waals surface area (Å²) in [5, 5.41) is 3.14. The fraction of sp³-hybridized carbons (Fsp3) is 0.385. The molecule has 3 aromatic rings. The molecule has 4 heterocycles. The number of anilines is 3. The van der Waals surface area contributed by atoms with E-state index in [0.29, 0.717) is 35.6 Å². The first-order chi connectivity index (χ1) is 17.9. The van der Waals surface area contributed by atoms with Crippen molar-refractivity contribution in [3.05, 3.63) is 65.4 Å². The number of benzene rings is 1. The minimum atomic E-state index is -0.418. The quantitative estimate of drug-likeness (QED) is 0.435. The molecule has 2 N–H and O–H groups in total. The molecule has 0 aliphatic carbocycles. The highest BCUT2D eigenvalue weighted by Gasteiger charge is 2.35. The topological polar surface area (TPSA) is 95.5 Å². The Kier molecular flexibility index (Phi) is 7.43. The van der Waals surface area contributed by atoms with Crippen LogP contribution in [-0.4, -0.2) is 62.7 Å². The summed E-state index contributed by atoms with van der Waals surface area (Å²) in [6.07, 6.45) is 7.25. The molecule has 2 atom stereocenters. The molecule has 37 heavy (non-hydrogen) atoms. The van der Waals surface area contributed by atoms with Gasteiger partial charge in [-0.1, -0.05) is 11.9 Å². The van der Waals surface area contributed by atoms with E-state index in [9.17, 15) is 9.18 Å². The first-order valence-corrected chi connectivity index (χ1v) is 13.4. The van der Waals surface area contributed by atoms with Crippen LogP contribution in [0.15, 0.2) is 42.7 Å². The Morgan fingerprint density at radius 1 is 1.22 bits per heavy atom. The largest absolute Gasteiger partial charge is 0.494 e. The molecule has 1 fully saturated rings. The zero-order valence-corrected chi connectivity index (χ0v) is 21.9. The Morgan fingerprint density at radius 3 is 2.86 bits per heavy atom. The predicted molar refractivity (Wildman–Crippen MR) is 142 cm³/mol. The normalized spacial score (nSPS) is 19.4. The molecule has 9 nitrogen and oxygen atoms in total. The van der Waals surface area contributed by atoms with Crippen molar-refractivity contribution in [1.82, 2.24) is 24.8 Å². The molecule has 1 saturated heterocycles. The van der Waals surface area contributed by atoms with Crippen LogP contribution in [0.1, 0.15) is 41.4 Å². The number of hydrogen-bond donors (Lipinski definition) is 2. The Hall–Kier alpha value is -3.44. The van der Waals surface area contributed by atoms with E-state index in [1.807, 2.05) is 17.4 Å². The van der Waals surface area contributed by atoms with Crippen molar-refractivity contribution in [3.8, 4) is 5.75 Å². The van der Waals surface area contributed by atoms with E-state index >= 15 is 0 Å². The molecule has 0 saturated carbocycles. The van der Waals surface area contributed by atoms with Gasteiger partial charge in [-0.25, -0.2) is 19.3 Å². The number of ether oxygens (including phenoxy) is 1. The van der Waals surface area contributed by atoms with Crippen LogP contribution in [0.4, 0.5) is 21.8 Å². The Balaban J connectivity index is 1.21. The van der Waals surface area contributed by atoms with Gasteiger partial charge < -0.3 is 19.7 Å². The third-order valence-corrected chi connectivity index (χ3v) is 7.34. The predicted octanol–water partition coefficient (Wildman–Crippen LogP) is 4.46. The van der Waals surface area contributed by atoms with Gasteiger partial charge in [-0.3, -0.25) is 9.69 Å². The lowest BCUT2D eigenvalue weighted by atomic mass is 9.96. The number of nitrogens with zero attached hydrogens (tertiary/aromatic N) is 5. The maximum absolute atomic E-state index is 13.7. The lowest BCUT2D eigenvalue weighted by molar-refractivity contribution is 0.0460. The Bertz CT molecular complexity index is 1290. The van der Waals surface area contributed by atoms with Crippen molar-refractivity contribution in [1.29, 1.82) is 0 Å². The molecule has 2 aliphatic rings. The van der Waals surface area contributed by atoms with Crippen LogP contribution in [0.3, 0.4) is 0 Å². The highest BCUT2D eigenvalue weighted by molar-refractivity contribution is 7.99. The molecule has 11 heteroatoms. The zero-order chi connectivity index (χ0) is 25.9. The maximum Gasteiger partial charge on any atom is 0.254 e. The molecule has 2 aliphatic heterocycles. The number of fused-ring (bicyclic) bond motifs is 1. The highest BCUT2D eigenvalue weighted by atomic mass is 32.2. The number of carbonyl (C=O) groups excluding carboxylic acids is 1. The van der Waals surface area contributed by atoms with Crippen LogP contribution in [0.2, 0.25) is 0 Å². The summed E-state index contributed by atoms with van der Waals surface area (Å²) in [6.45, 7) is 4.35. The summed E-state index contributed by atoms with van der Waals surface area (Å²) in [5.74, 6) is 0.942. The summed E-state index contributed by atoms with van der Waals surface area (Å²) in [7, 11) is 1.43. The van der Waals surface area contributed by atoms with Gasteiger partial charge in [-0.2, -0.15) is 0 Å². The Morgan fingerprint density at radius 2 is 2.08 bits per heavy atom. The SMILES string of the molecule is COc1cc(Nc2ncc3c(n2)CN([C@H]2CCN(C(=O)c4ccnc(NSC)c4)[C@H](C)C2)C3)ccc1F. The van der Waals surface area contributed by atoms with E-state index in [-0.39, 0.29) is 17.7 Å². The monoisotopic (exact) mass is 523 g/mol. The summed E-state index contributed by atoms with van der Waals surface area (Å²) in [5.41, 5.74) is 3.41. The number of aromatic nitrogens is 3. The summed E-state index contributed by atoms with van der Waals surface area (Å²) in [6, 6.07) is 8.62. The van der Waals surface area contributed by atoms with Gasteiger partial charge in [-0.15, -0.1) is 0 Å². The molecule has 0 unspecified atom stereocenters. The highest BCUT2D eigenvalue weighted by Crippen LogP contribution is 2.31. The molecule has 194 valence electrons. The second-order valence-electron chi connectivity index (χ2n) is 9.31. The molecular formula is C26H30FN7O2S. The molecule has 1 aromatic carbocycles. The van der Waals surface area contributed by atoms with Crippen molar-refractivity contribution >= 4 is 35.3 Å². The number of carbonyl (C=O) groups is 1. The van der Waals surface area contributed by atoms with Crippen molar-refractivity contribution < 1.29 is 13.9 Å². The molecule has 0 spiro atoms. The van der Waals surface area contributed by atoms with Crippen LogP contribution in [0, 0.1) is 5.82 Å². The molecular weight excluding hydrogens is 493 g/mol. The van der Waals surface area contributed by atoms with Gasteiger partial charge in [0, 0.05) is 73.2 Å². The average molecular weight is 524 g/mol. The fourth-order valence-electron chi connectivity index (χ4n) is 5.03. The third-order valence-electron chi connectivity index (χ3n) is 6.93. The van der Waals surface area contributed by atoms with Crippen LogP contribution < -0.4 is 14.8 Å². The molecule has 5 rings (SSSR count). The van der Waals surface area contributed by atoms with E-state index in [1.54, 1.807) is 30.5 Å². The van der Waals surface area contributed by atoms with Crippen LogP contribution in [-0.2, 0) is 13.1 Å². The second kappa shape index (κ2) is 10.9. The van der Waals surface area contributed by atoms with Gasteiger partial charge in [0.2, 0.25) is 5.95 Å². The van der Waals surface area contributed by atoms with Crippen LogP contribution in [0.25, 0.3) is 0 Å². The number of methoxy groups -OCH3 is 1. The summed E-state index contributed by atoms with van der Waals surface area (Å²) < 4.78 is 21.9. The zero-order valence-electron chi connectivity index (χ0n) is 21.1.